The molecule has 0 fully saturated rings. The maximum Gasteiger partial charge on any atom is 0.261 e. The van der Waals surface area contributed by atoms with Crippen LogP contribution in [0.15, 0.2) is 77.7 Å². The molecule has 0 atom stereocenters. The molecule has 3 rings (SSSR count). The van der Waals surface area contributed by atoms with Gasteiger partial charge in [0, 0.05) is 11.8 Å². The van der Waals surface area contributed by atoms with Crippen LogP contribution in [-0.4, -0.2) is 21.4 Å². The molecule has 0 saturated carbocycles. The van der Waals surface area contributed by atoms with E-state index in [9.17, 15) is 17.6 Å². The summed E-state index contributed by atoms with van der Waals surface area (Å²) in [5.74, 6) is -0.467. The summed E-state index contributed by atoms with van der Waals surface area (Å²) in [6.45, 7) is 0. The number of para-hydroxylation sites is 1. The van der Waals surface area contributed by atoms with Crippen LogP contribution in [0, 0.1) is 5.82 Å². The van der Waals surface area contributed by atoms with Gasteiger partial charge in [0.2, 0.25) is 0 Å². The van der Waals surface area contributed by atoms with Crippen molar-refractivity contribution in [1.82, 2.24) is 0 Å². The maximum atomic E-state index is 13.1. The molecule has 28 heavy (non-hydrogen) atoms. The molecule has 0 spiro atoms. The van der Waals surface area contributed by atoms with Gasteiger partial charge < -0.3 is 10.1 Å². The third-order valence-corrected chi connectivity index (χ3v) is 5.25. The molecular formula is C20H17FN2O4S. The molecule has 0 aromatic heterocycles. The number of nitrogens with one attached hydrogen (secondary N) is 2. The van der Waals surface area contributed by atoms with Gasteiger partial charge in [0.25, 0.3) is 15.9 Å². The maximum absolute atomic E-state index is 13.1. The van der Waals surface area contributed by atoms with Crippen LogP contribution in [0.25, 0.3) is 0 Å². The quantitative estimate of drug-likeness (QED) is 0.658. The van der Waals surface area contributed by atoms with E-state index in [2.05, 4.69) is 10.0 Å². The zero-order valence-electron chi connectivity index (χ0n) is 14.8. The third kappa shape index (κ3) is 4.47. The first-order valence-corrected chi connectivity index (χ1v) is 9.70. The highest BCUT2D eigenvalue weighted by Gasteiger charge is 2.19. The van der Waals surface area contributed by atoms with Gasteiger partial charge in [0.05, 0.1) is 23.3 Å². The fourth-order valence-electron chi connectivity index (χ4n) is 2.49. The number of carbonyl (C=O) groups is 1. The number of rotatable bonds is 6. The predicted molar refractivity (Wildman–Crippen MR) is 105 cm³/mol. The Morgan fingerprint density at radius 3 is 2.39 bits per heavy atom. The minimum atomic E-state index is -3.99. The van der Waals surface area contributed by atoms with Crippen LogP contribution in [0.2, 0.25) is 0 Å². The largest absolute Gasteiger partial charge is 0.497 e. The van der Waals surface area contributed by atoms with Crippen molar-refractivity contribution in [2.45, 2.75) is 4.90 Å². The number of anilines is 2. The lowest BCUT2D eigenvalue weighted by Gasteiger charge is -2.13. The molecule has 6 nitrogen and oxygen atoms in total. The monoisotopic (exact) mass is 400 g/mol. The van der Waals surface area contributed by atoms with Gasteiger partial charge in [0.1, 0.15) is 11.6 Å². The van der Waals surface area contributed by atoms with E-state index in [4.69, 9.17) is 4.74 Å². The van der Waals surface area contributed by atoms with Crippen molar-refractivity contribution >= 4 is 27.3 Å². The van der Waals surface area contributed by atoms with Crippen molar-refractivity contribution in [3.8, 4) is 5.75 Å². The normalized spacial score (nSPS) is 10.9. The van der Waals surface area contributed by atoms with E-state index in [1.165, 1.54) is 19.2 Å². The molecule has 1 amide bonds. The van der Waals surface area contributed by atoms with Gasteiger partial charge in [-0.15, -0.1) is 0 Å². The van der Waals surface area contributed by atoms with Crippen molar-refractivity contribution in [1.29, 1.82) is 0 Å². The Labute approximate surface area is 162 Å². The summed E-state index contributed by atoms with van der Waals surface area (Å²) in [6, 6.07) is 17.4. The van der Waals surface area contributed by atoms with E-state index >= 15 is 0 Å². The molecule has 0 aliphatic rings. The van der Waals surface area contributed by atoms with Crippen LogP contribution in [0.5, 0.6) is 5.75 Å². The summed E-state index contributed by atoms with van der Waals surface area (Å²) in [5.41, 5.74) is 0.740. The van der Waals surface area contributed by atoms with Gasteiger partial charge in [0.15, 0.2) is 0 Å². The second-order valence-electron chi connectivity index (χ2n) is 5.79. The van der Waals surface area contributed by atoms with Gasteiger partial charge >= 0.3 is 0 Å². The summed E-state index contributed by atoms with van der Waals surface area (Å²) in [7, 11) is -2.47. The molecule has 2 N–H and O–H groups in total. The smallest absolute Gasteiger partial charge is 0.261 e. The Hall–Kier alpha value is -3.39. The predicted octanol–water partition coefficient (Wildman–Crippen LogP) is 3.89. The van der Waals surface area contributed by atoms with Gasteiger partial charge in [-0.2, -0.15) is 0 Å². The molecule has 144 valence electrons. The van der Waals surface area contributed by atoms with Crippen LogP contribution >= 0.6 is 0 Å². The van der Waals surface area contributed by atoms with Crippen LogP contribution < -0.4 is 14.8 Å². The van der Waals surface area contributed by atoms with Crippen LogP contribution in [0.4, 0.5) is 15.8 Å². The molecular weight excluding hydrogens is 383 g/mol. The molecule has 0 saturated heterocycles. The summed E-state index contributed by atoms with van der Waals surface area (Å²) in [4.78, 5) is 12.6. The Bertz CT molecular complexity index is 1100. The lowest BCUT2D eigenvalue weighted by atomic mass is 10.1. The Kier molecular flexibility index (Phi) is 5.60. The number of ether oxygens (including phenoxy) is 1. The lowest BCUT2D eigenvalue weighted by Crippen LogP contribution is -2.18. The SMILES string of the molecule is COc1cccc(NC(=O)c2ccccc2NS(=O)(=O)c2ccc(F)cc2)c1. The average molecular weight is 400 g/mol. The van der Waals surface area contributed by atoms with Crippen LogP contribution in [0.3, 0.4) is 0 Å². The average Bonchev–Trinajstić information content (AvgIpc) is 2.68. The summed E-state index contributed by atoms with van der Waals surface area (Å²) >= 11 is 0. The first kappa shape index (κ1) is 19.4. The lowest BCUT2D eigenvalue weighted by molar-refractivity contribution is 0.102. The minimum absolute atomic E-state index is 0.104. The highest BCUT2D eigenvalue weighted by atomic mass is 32.2. The third-order valence-electron chi connectivity index (χ3n) is 3.87. The molecule has 0 heterocycles. The number of sulfonamides is 1. The van der Waals surface area contributed by atoms with Crippen molar-refractivity contribution < 1.29 is 22.3 Å². The fourth-order valence-corrected chi connectivity index (χ4v) is 3.57. The van der Waals surface area contributed by atoms with Crippen LogP contribution in [0.1, 0.15) is 10.4 Å². The highest BCUT2D eigenvalue weighted by molar-refractivity contribution is 7.92. The van der Waals surface area contributed by atoms with Gasteiger partial charge in [-0.1, -0.05) is 18.2 Å². The van der Waals surface area contributed by atoms with Crippen molar-refractivity contribution in [3.63, 3.8) is 0 Å². The minimum Gasteiger partial charge on any atom is -0.497 e. The van der Waals surface area contributed by atoms with E-state index < -0.39 is 21.7 Å². The van der Waals surface area contributed by atoms with Crippen LogP contribution in [-0.2, 0) is 10.0 Å². The van der Waals surface area contributed by atoms with E-state index in [1.807, 2.05) is 0 Å². The first-order chi connectivity index (χ1) is 13.4. The Morgan fingerprint density at radius 2 is 1.68 bits per heavy atom. The Balaban J connectivity index is 1.86. The highest BCUT2D eigenvalue weighted by Crippen LogP contribution is 2.23. The number of carbonyl (C=O) groups excluding carboxylic acids is 1. The molecule has 0 unspecified atom stereocenters. The topological polar surface area (TPSA) is 84.5 Å². The molecule has 3 aromatic carbocycles. The number of methoxy groups -OCH3 is 1. The van der Waals surface area contributed by atoms with E-state index in [0.29, 0.717) is 11.4 Å². The standard InChI is InChI=1S/C20H17FN2O4S/c1-27-16-6-4-5-15(13-16)22-20(24)18-7-2-3-8-19(18)23-28(25,26)17-11-9-14(21)10-12-17/h2-13,23H,1H3,(H,22,24). The molecule has 3 aromatic rings. The van der Waals surface area contributed by atoms with E-state index in [0.717, 1.165) is 24.3 Å². The second-order valence-corrected chi connectivity index (χ2v) is 7.47. The van der Waals surface area contributed by atoms with Gasteiger partial charge in [-0.25, -0.2) is 12.8 Å². The summed E-state index contributed by atoms with van der Waals surface area (Å²) in [5, 5.41) is 2.70. The molecule has 0 aliphatic carbocycles. The number of hydrogen-bond acceptors (Lipinski definition) is 4. The summed E-state index contributed by atoms with van der Waals surface area (Å²) in [6.07, 6.45) is 0. The van der Waals surface area contributed by atoms with Crippen molar-refractivity contribution in [2.75, 3.05) is 17.1 Å². The number of amides is 1. The fraction of sp³-hybridized carbons (Fsp3) is 0.0500. The van der Waals surface area contributed by atoms with Gasteiger partial charge in [-0.05, 0) is 48.5 Å². The Morgan fingerprint density at radius 1 is 0.964 bits per heavy atom. The zero-order chi connectivity index (χ0) is 20.1. The second kappa shape index (κ2) is 8.10. The molecule has 0 aliphatic heterocycles. The summed E-state index contributed by atoms with van der Waals surface area (Å²) < 4.78 is 45.6. The molecule has 0 bridgehead atoms. The van der Waals surface area contributed by atoms with Gasteiger partial charge in [-0.3, -0.25) is 9.52 Å². The first-order valence-electron chi connectivity index (χ1n) is 8.22. The number of hydrogen-bond donors (Lipinski definition) is 2. The van der Waals surface area contributed by atoms with Crippen molar-refractivity contribution in [2.24, 2.45) is 0 Å². The number of halogens is 1. The molecule has 0 radical (unpaired) electrons. The number of benzene rings is 3. The van der Waals surface area contributed by atoms with E-state index in [-0.39, 0.29) is 16.1 Å². The van der Waals surface area contributed by atoms with Crippen molar-refractivity contribution in [3.05, 3.63) is 84.2 Å². The zero-order valence-corrected chi connectivity index (χ0v) is 15.7. The van der Waals surface area contributed by atoms with E-state index in [1.54, 1.807) is 36.4 Å². The molecule has 8 heteroatoms.